The van der Waals surface area contributed by atoms with Gasteiger partial charge in [-0.2, -0.15) is 0 Å². The summed E-state index contributed by atoms with van der Waals surface area (Å²) in [6.07, 6.45) is 16.0. The van der Waals surface area contributed by atoms with Gasteiger partial charge in [0.2, 0.25) is 0 Å². The Bertz CT molecular complexity index is 1180. The lowest BCUT2D eigenvalue weighted by atomic mass is 9.55. The summed E-state index contributed by atoms with van der Waals surface area (Å²) in [5.74, 6) is 1.30. The predicted octanol–water partition coefficient (Wildman–Crippen LogP) is 7.07. The van der Waals surface area contributed by atoms with E-state index >= 15 is 0 Å². The number of carboxylic acids is 1. The van der Waals surface area contributed by atoms with Crippen molar-refractivity contribution in [1.82, 2.24) is 4.98 Å². The number of aliphatic carboxylic acids is 1. The van der Waals surface area contributed by atoms with Crippen LogP contribution in [0.5, 0.6) is 0 Å². The molecule has 2 fully saturated rings. The van der Waals surface area contributed by atoms with Crippen molar-refractivity contribution in [3.05, 3.63) is 76.9 Å². The topological polar surface area (TPSA) is 67.3 Å². The SMILES string of the molecule is C[C@@]12C=CC[C@H]1[C@@H]1CCc3cc(C(=O)CCC4(C(=O)O)CC4)ccc3[C@H]1CC2.Cc1cncc(F)c1. The molecule has 0 unspecified atom stereocenters. The molecule has 6 rings (SSSR count). The summed E-state index contributed by atoms with van der Waals surface area (Å²) in [6.45, 7) is 4.24. The summed E-state index contributed by atoms with van der Waals surface area (Å²) in [4.78, 5) is 27.7. The second kappa shape index (κ2) is 9.57. The molecule has 0 amide bonds. The zero-order valence-electron chi connectivity index (χ0n) is 21.3. The van der Waals surface area contributed by atoms with Crippen molar-refractivity contribution in [2.24, 2.45) is 22.7 Å². The lowest BCUT2D eigenvalue weighted by molar-refractivity contribution is -0.143. The third-order valence-electron chi connectivity index (χ3n) is 9.35. The number of ketones is 1. The molecule has 190 valence electrons. The summed E-state index contributed by atoms with van der Waals surface area (Å²) in [5, 5.41) is 9.32. The molecule has 1 heterocycles. The number of carbonyl (C=O) groups excluding carboxylic acids is 1. The number of aromatic nitrogens is 1. The maximum atomic E-state index is 12.7. The van der Waals surface area contributed by atoms with Gasteiger partial charge in [-0.25, -0.2) is 4.39 Å². The molecule has 4 aliphatic rings. The van der Waals surface area contributed by atoms with Gasteiger partial charge >= 0.3 is 5.97 Å². The minimum atomic E-state index is -0.734. The van der Waals surface area contributed by atoms with Gasteiger partial charge in [-0.1, -0.05) is 31.2 Å². The van der Waals surface area contributed by atoms with Crippen LogP contribution in [0.1, 0.15) is 91.3 Å². The van der Waals surface area contributed by atoms with Crippen molar-refractivity contribution in [2.45, 2.75) is 77.6 Å². The van der Waals surface area contributed by atoms with Gasteiger partial charge in [-0.05, 0) is 110 Å². The summed E-state index contributed by atoms with van der Waals surface area (Å²) in [6, 6.07) is 7.78. The molecule has 0 bridgehead atoms. The average molecular weight is 490 g/mol. The standard InChI is InChI=1S/C25H30O3.C6H6FN/c1-24-10-2-3-21(24)20-7-4-16-15-17(5-6-18(16)19(20)8-11-24)22(26)9-12-25(13-14-25)23(27)28;1-5-2-6(7)4-8-3-5/h2,5-6,10,15,19-21H,3-4,7-9,11-14H2,1H3,(H,27,28);2-4H,1H3/t19-,20-,21+,24+;/m1./s1. The van der Waals surface area contributed by atoms with E-state index in [0.29, 0.717) is 24.2 Å². The first-order valence-corrected chi connectivity index (χ1v) is 13.4. The molecule has 4 atom stereocenters. The second-order valence-electron chi connectivity index (χ2n) is 11.7. The Labute approximate surface area is 213 Å². The highest BCUT2D eigenvalue weighted by molar-refractivity contribution is 5.96. The number of nitrogens with zero attached hydrogens (tertiary/aromatic N) is 1. The van der Waals surface area contributed by atoms with Crippen LogP contribution in [0.2, 0.25) is 0 Å². The third kappa shape index (κ3) is 4.77. The fourth-order valence-electron chi connectivity index (χ4n) is 6.98. The van der Waals surface area contributed by atoms with Crippen LogP contribution in [-0.4, -0.2) is 21.8 Å². The van der Waals surface area contributed by atoms with E-state index in [-0.39, 0.29) is 11.6 Å². The number of halogens is 1. The number of carboxylic acid groups (broad SMARTS) is 1. The Balaban J connectivity index is 0.000000286. The lowest BCUT2D eigenvalue weighted by Crippen LogP contribution is -2.39. The second-order valence-corrected chi connectivity index (χ2v) is 11.7. The van der Waals surface area contributed by atoms with Crippen LogP contribution >= 0.6 is 0 Å². The minimum Gasteiger partial charge on any atom is -0.481 e. The Morgan fingerprint density at radius 2 is 1.94 bits per heavy atom. The number of benzene rings is 1. The highest BCUT2D eigenvalue weighted by Gasteiger charge is 2.50. The van der Waals surface area contributed by atoms with Gasteiger partial charge in [-0.15, -0.1) is 0 Å². The van der Waals surface area contributed by atoms with Gasteiger partial charge in [-0.3, -0.25) is 14.6 Å². The molecule has 1 N–H and O–H groups in total. The highest BCUT2D eigenvalue weighted by atomic mass is 19.1. The van der Waals surface area contributed by atoms with E-state index in [1.54, 1.807) is 13.1 Å². The van der Waals surface area contributed by atoms with Crippen LogP contribution in [0.25, 0.3) is 0 Å². The van der Waals surface area contributed by atoms with Crippen molar-refractivity contribution < 1.29 is 19.1 Å². The molecule has 2 aromatic rings. The normalized spacial score (nSPS) is 28.7. The number of hydrogen-bond acceptors (Lipinski definition) is 3. The van der Waals surface area contributed by atoms with Crippen LogP contribution in [0, 0.1) is 35.4 Å². The first-order chi connectivity index (χ1) is 17.2. The molecule has 5 heteroatoms. The Kier molecular flexibility index (Phi) is 6.61. The molecule has 0 radical (unpaired) electrons. The van der Waals surface area contributed by atoms with Gasteiger partial charge in [0.1, 0.15) is 5.82 Å². The number of rotatable bonds is 5. The molecule has 1 aromatic carbocycles. The van der Waals surface area contributed by atoms with E-state index in [4.69, 9.17) is 0 Å². The van der Waals surface area contributed by atoms with Crippen LogP contribution in [0.4, 0.5) is 4.39 Å². The molecule has 2 saturated carbocycles. The number of aryl methyl sites for hydroxylation is 2. The maximum Gasteiger partial charge on any atom is 0.309 e. The van der Waals surface area contributed by atoms with Crippen molar-refractivity contribution in [3.63, 3.8) is 0 Å². The predicted molar refractivity (Wildman–Crippen MR) is 137 cm³/mol. The Morgan fingerprint density at radius 1 is 1.14 bits per heavy atom. The summed E-state index contributed by atoms with van der Waals surface area (Å²) >= 11 is 0. The van der Waals surface area contributed by atoms with Crippen LogP contribution in [-0.2, 0) is 11.2 Å². The van der Waals surface area contributed by atoms with Crippen LogP contribution < -0.4 is 0 Å². The fraction of sp³-hybridized carbons (Fsp3) is 0.516. The van der Waals surface area contributed by atoms with Gasteiger partial charge in [0.25, 0.3) is 0 Å². The van der Waals surface area contributed by atoms with E-state index < -0.39 is 11.4 Å². The molecular formula is C31H36FNO3. The maximum absolute atomic E-state index is 12.7. The molecule has 36 heavy (non-hydrogen) atoms. The average Bonchev–Trinajstić information content (AvgIpc) is 3.55. The zero-order valence-corrected chi connectivity index (χ0v) is 21.3. The fourth-order valence-corrected chi connectivity index (χ4v) is 6.98. The minimum absolute atomic E-state index is 0.105. The largest absolute Gasteiger partial charge is 0.481 e. The van der Waals surface area contributed by atoms with E-state index in [9.17, 15) is 19.1 Å². The summed E-state index contributed by atoms with van der Waals surface area (Å²) < 4.78 is 12.1. The Hall–Kier alpha value is -2.82. The molecule has 0 saturated heterocycles. The summed E-state index contributed by atoms with van der Waals surface area (Å²) in [5.41, 5.74) is 4.26. The number of allylic oxidation sites excluding steroid dienone is 2. The van der Waals surface area contributed by atoms with E-state index in [0.717, 1.165) is 42.2 Å². The van der Waals surface area contributed by atoms with Crippen molar-refractivity contribution in [3.8, 4) is 0 Å². The van der Waals surface area contributed by atoms with Gasteiger partial charge in [0, 0.05) is 18.2 Å². The van der Waals surface area contributed by atoms with Crippen LogP contribution in [0.15, 0.2) is 48.8 Å². The molecule has 1 aromatic heterocycles. The zero-order chi connectivity index (χ0) is 25.5. The van der Waals surface area contributed by atoms with Gasteiger partial charge in [0.05, 0.1) is 11.6 Å². The number of hydrogen-bond donors (Lipinski definition) is 1. The molecule has 0 spiro atoms. The quantitative estimate of drug-likeness (QED) is 0.360. The van der Waals surface area contributed by atoms with Crippen LogP contribution in [0.3, 0.4) is 0 Å². The smallest absolute Gasteiger partial charge is 0.309 e. The van der Waals surface area contributed by atoms with Gasteiger partial charge < -0.3 is 5.11 Å². The number of pyridine rings is 1. The Morgan fingerprint density at radius 3 is 2.61 bits per heavy atom. The van der Waals surface area contributed by atoms with Crippen molar-refractivity contribution >= 4 is 11.8 Å². The van der Waals surface area contributed by atoms with E-state index in [1.807, 2.05) is 6.07 Å². The third-order valence-corrected chi connectivity index (χ3v) is 9.35. The lowest BCUT2D eigenvalue weighted by Gasteiger charge is -2.49. The first kappa shape index (κ1) is 24.9. The van der Waals surface area contributed by atoms with E-state index in [1.165, 1.54) is 49.1 Å². The molecule has 0 aliphatic heterocycles. The highest BCUT2D eigenvalue weighted by Crippen LogP contribution is 2.58. The van der Waals surface area contributed by atoms with E-state index in [2.05, 4.69) is 36.2 Å². The van der Waals surface area contributed by atoms with Crippen molar-refractivity contribution in [1.29, 1.82) is 0 Å². The number of fused-ring (bicyclic) bond motifs is 5. The first-order valence-electron chi connectivity index (χ1n) is 13.4. The van der Waals surface area contributed by atoms with Gasteiger partial charge in [0.15, 0.2) is 5.78 Å². The summed E-state index contributed by atoms with van der Waals surface area (Å²) in [7, 11) is 0. The molecule has 4 nitrogen and oxygen atoms in total. The van der Waals surface area contributed by atoms with Crippen molar-refractivity contribution in [2.75, 3.05) is 0 Å². The molecule has 4 aliphatic carbocycles. The number of carbonyl (C=O) groups is 2. The monoisotopic (exact) mass is 489 g/mol. The molecular weight excluding hydrogens is 453 g/mol. The number of Topliss-reactive ketones (excluding diaryl/α,β-unsaturated/α-hetero) is 1.